The molecule has 0 atom stereocenters. The number of aromatic nitrogens is 1. The van der Waals surface area contributed by atoms with E-state index in [9.17, 15) is 13.2 Å². The van der Waals surface area contributed by atoms with Crippen LogP contribution in [-0.2, 0) is 21.8 Å². The van der Waals surface area contributed by atoms with Crippen LogP contribution < -0.4 is 14.2 Å². The van der Waals surface area contributed by atoms with Gasteiger partial charge in [0.15, 0.2) is 0 Å². The zero-order chi connectivity index (χ0) is 22.9. The van der Waals surface area contributed by atoms with Crippen LogP contribution in [0.2, 0.25) is 5.02 Å². The lowest BCUT2D eigenvalue weighted by Gasteiger charge is -2.27. The molecule has 2 aromatic rings. The predicted molar refractivity (Wildman–Crippen MR) is 117 cm³/mol. The van der Waals surface area contributed by atoms with Gasteiger partial charge in [-0.15, -0.1) is 0 Å². The molecule has 0 aliphatic carbocycles. The fourth-order valence-electron chi connectivity index (χ4n) is 3.56. The molecule has 1 aliphatic rings. The summed E-state index contributed by atoms with van der Waals surface area (Å²) in [6, 6.07) is 2.90. The average Bonchev–Trinajstić information content (AvgIpc) is 2.98. The first-order chi connectivity index (χ1) is 14.6. The van der Waals surface area contributed by atoms with Crippen molar-refractivity contribution in [1.82, 2.24) is 9.47 Å². The Kier molecular flexibility index (Phi) is 6.73. The number of hydrogen-bond donors (Lipinski definition) is 1. The highest BCUT2D eigenvalue weighted by Crippen LogP contribution is 2.38. The number of amides is 1. The lowest BCUT2D eigenvalue weighted by atomic mass is 10.2. The Morgan fingerprint density at radius 3 is 2.29 bits per heavy atom. The fraction of sp³-hybridized carbons (Fsp3) is 0.450. The van der Waals surface area contributed by atoms with Gasteiger partial charge in [-0.05, 0) is 19.9 Å². The van der Waals surface area contributed by atoms with Crippen LogP contribution in [0.25, 0.3) is 0 Å². The quantitative estimate of drug-likeness (QED) is 0.695. The second-order valence-corrected chi connectivity index (χ2v) is 9.16. The summed E-state index contributed by atoms with van der Waals surface area (Å²) in [4.78, 5) is 14.8. The molecule has 1 aromatic heterocycles. The minimum atomic E-state index is -4.16. The zero-order valence-electron chi connectivity index (χ0n) is 18.1. The minimum absolute atomic E-state index is 0.0713. The number of halogens is 1. The maximum absolute atomic E-state index is 13.5. The molecule has 0 bridgehead atoms. The van der Waals surface area contributed by atoms with Crippen LogP contribution in [0.5, 0.6) is 11.5 Å². The Morgan fingerprint density at radius 2 is 1.71 bits per heavy atom. The van der Waals surface area contributed by atoms with E-state index in [4.69, 9.17) is 25.8 Å². The molecule has 0 unspecified atom stereocenters. The summed E-state index contributed by atoms with van der Waals surface area (Å²) in [5.41, 5.74) is 1.29. The van der Waals surface area contributed by atoms with E-state index in [1.807, 2.05) is 0 Å². The van der Waals surface area contributed by atoms with Crippen molar-refractivity contribution in [3.05, 3.63) is 34.1 Å². The molecule has 31 heavy (non-hydrogen) atoms. The number of methoxy groups -OCH3 is 2. The van der Waals surface area contributed by atoms with E-state index < -0.39 is 10.0 Å². The molecule has 0 saturated carbocycles. The van der Waals surface area contributed by atoms with Crippen molar-refractivity contribution in [2.45, 2.75) is 18.7 Å². The number of hydrogen-bond acceptors (Lipinski definition) is 6. The molecule has 170 valence electrons. The van der Waals surface area contributed by atoms with E-state index in [1.165, 1.54) is 26.4 Å². The van der Waals surface area contributed by atoms with Crippen molar-refractivity contribution < 1.29 is 27.4 Å². The van der Waals surface area contributed by atoms with Gasteiger partial charge in [0, 0.05) is 37.6 Å². The summed E-state index contributed by atoms with van der Waals surface area (Å²) in [5.74, 6) is 0.233. The van der Waals surface area contributed by atoms with E-state index in [-0.39, 0.29) is 32.8 Å². The largest absolute Gasteiger partial charge is 0.495 e. The molecular formula is C20H26ClN3O6S. The number of carbonyl (C=O) groups is 1. The molecule has 1 aliphatic heterocycles. The van der Waals surface area contributed by atoms with Crippen molar-refractivity contribution in [2.75, 3.05) is 45.2 Å². The summed E-state index contributed by atoms with van der Waals surface area (Å²) >= 11 is 6.19. The van der Waals surface area contributed by atoms with Crippen LogP contribution in [-0.4, -0.2) is 64.3 Å². The molecular weight excluding hydrogens is 446 g/mol. The van der Waals surface area contributed by atoms with Gasteiger partial charge in [-0.2, -0.15) is 0 Å². The monoisotopic (exact) mass is 471 g/mol. The summed E-state index contributed by atoms with van der Waals surface area (Å²) in [7, 11) is 0.426. The van der Waals surface area contributed by atoms with Gasteiger partial charge in [-0.25, -0.2) is 8.42 Å². The van der Waals surface area contributed by atoms with Crippen LogP contribution in [0.4, 0.5) is 5.69 Å². The normalized spacial score (nSPS) is 14.5. The fourth-order valence-corrected chi connectivity index (χ4v) is 5.38. The summed E-state index contributed by atoms with van der Waals surface area (Å²) in [6.07, 6.45) is 0. The molecule has 1 aromatic carbocycles. The number of carbonyl (C=O) groups excluding carboxylic acids is 1. The Morgan fingerprint density at radius 1 is 1.10 bits per heavy atom. The number of sulfonamides is 1. The number of ether oxygens (including phenoxy) is 3. The van der Waals surface area contributed by atoms with E-state index in [2.05, 4.69) is 4.72 Å². The average molecular weight is 472 g/mol. The summed E-state index contributed by atoms with van der Waals surface area (Å²) in [6.45, 7) is 5.03. The minimum Gasteiger partial charge on any atom is -0.495 e. The smallest absolute Gasteiger partial charge is 0.264 e. The Hall–Kier alpha value is -2.43. The third-order valence-corrected chi connectivity index (χ3v) is 7.24. The highest BCUT2D eigenvalue weighted by atomic mass is 35.5. The molecule has 3 rings (SSSR count). The van der Waals surface area contributed by atoms with E-state index in [0.717, 1.165) is 0 Å². The Labute approximate surface area is 186 Å². The number of anilines is 1. The predicted octanol–water partition coefficient (Wildman–Crippen LogP) is 2.59. The first kappa shape index (κ1) is 23.2. The van der Waals surface area contributed by atoms with Crippen molar-refractivity contribution >= 4 is 33.2 Å². The van der Waals surface area contributed by atoms with Gasteiger partial charge in [0.25, 0.3) is 15.9 Å². The number of benzene rings is 1. The summed E-state index contributed by atoms with van der Waals surface area (Å²) < 4.78 is 46.9. The third kappa shape index (κ3) is 4.32. The van der Waals surface area contributed by atoms with Crippen molar-refractivity contribution in [3.63, 3.8) is 0 Å². The SMILES string of the molecule is COc1cc(OC)c(NS(=O)(=O)c2c(C(=O)N3CCOCC3)c(C)n(C)c2C)cc1Cl. The van der Waals surface area contributed by atoms with Gasteiger partial charge in [-0.3, -0.25) is 9.52 Å². The van der Waals surface area contributed by atoms with E-state index in [1.54, 1.807) is 30.4 Å². The van der Waals surface area contributed by atoms with Gasteiger partial charge >= 0.3 is 0 Å². The maximum Gasteiger partial charge on any atom is 0.264 e. The van der Waals surface area contributed by atoms with Crippen molar-refractivity contribution in [3.8, 4) is 11.5 Å². The zero-order valence-corrected chi connectivity index (χ0v) is 19.7. The van der Waals surface area contributed by atoms with E-state index in [0.29, 0.717) is 43.4 Å². The molecule has 2 heterocycles. The Balaban J connectivity index is 2.09. The van der Waals surface area contributed by atoms with Crippen LogP contribution in [0.1, 0.15) is 21.7 Å². The number of morpholine rings is 1. The van der Waals surface area contributed by atoms with Gasteiger partial charge in [0.1, 0.15) is 16.4 Å². The third-order valence-electron chi connectivity index (χ3n) is 5.42. The molecule has 1 amide bonds. The molecule has 1 N–H and O–H groups in total. The molecule has 0 spiro atoms. The second kappa shape index (κ2) is 8.97. The standard InChI is InChI=1S/C20H26ClN3O6S/c1-12-18(20(25)24-6-8-30-9-7-24)19(13(2)23(12)3)31(26,27)22-15-10-14(21)16(28-4)11-17(15)29-5/h10-11,22H,6-9H2,1-5H3. The van der Waals surface area contributed by atoms with Gasteiger partial charge in [0.05, 0.1) is 43.7 Å². The van der Waals surface area contributed by atoms with Gasteiger partial charge in [-0.1, -0.05) is 11.6 Å². The topological polar surface area (TPSA) is 99.1 Å². The van der Waals surface area contributed by atoms with Crippen LogP contribution in [0.15, 0.2) is 17.0 Å². The first-order valence-corrected chi connectivity index (χ1v) is 11.5. The van der Waals surface area contributed by atoms with Crippen LogP contribution in [0, 0.1) is 13.8 Å². The molecule has 1 saturated heterocycles. The molecule has 1 fully saturated rings. The number of rotatable bonds is 6. The molecule has 9 nitrogen and oxygen atoms in total. The lowest BCUT2D eigenvalue weighted by molar-refractivity contribution is 0.0300. The van der Waals surface area contributed by atoms with Crippen LogP contribution in [0.3, 0.4) is 0 Å². The molecule has 0 radical (unpaired) electrons. The van der Waals surface area contributed by atoms with Crippen molar-refractivity contribution in [1.29, 1.82) is 0 Å². The highest BCUT2D eigenvalue weighted by molar-refractivity contribution is 7.92. The van der Waals surface area contributed by atoms with E-state index >= 15 is 0 Å². The number of nitrogens with one attached hydrogen (secondary N) is 1. The lowest BCUT2D eigenvalue weighted by Crippen LogP contribution is -2.41. The first-order valence-electron chi connectivity index (χ1n) is 9.59. The maximum atomic E-state index is 13.5. The molecule has 11 heteroatoms. The van der Waals surface area contributed by atoms with Gasteiger partial charge in [0.2, 0.25) is 0 Å². The number of nitrogens with zero attached hydrogens (tertiary/aromatic N) is 2. The second-order valence-electron chi connectivity index (χ2n) is 7.13. The summed E-state index contributed by atoms with van der Waals surface area (Å²) in [5, 5.41) is 0.214. The Bertz CT molecular complexity index is 1110. The van der Waals surface area contributed by atoms with Gasteiger partial charge < -0.3 is 23.7 Å². The van der Waals surface area contributed by atoms with Crippen molar-refractivity contribution in [2.24, 2.45) is 7.05 Å². The highest BCUT2D eigenvalue weighted by Gasteiger charge is 2.34. The van der Waals surface area contributed by atoms with Crippen LogP contribution >= 0.6 is 11.6 Å².